The molecule has 6 nitrogen and oxygen atoms in total. The van der Waals surface area contributed by atoms with E-state index in [0.29, 0.717) is 5.69 Å². The van der Waals surface area contributed by atoms with Gasteiger partial charge in [0.05, 0.1) is 26.3 Å². The van der Waals surface area contributed by atoms with Gasteiger partial charge in [-0.25, -0.2) is 0 Å². The van der Waals surface area contributed by atoms with E-state index in [1.165, 1.54) is 0 Å². The molecular formula is C15H18F3N3O3. The molecule has 1 aromatic carbocycles. The van der Waals surface area contributed by atoms with Crippen LogP contribution >= 0.6 is 0 Å². The molecule has 0 unspecified atom stereocenters. The lowest BCUT2D eigenvalue weighted by Gasteiger charge is -2.34. The van der Waals surface area contributed by atoms with E-state index in [1.54, 1.807) is 30.3 Å². The zero-order chi connectivity index (χ0) is 17.6. The molecule has 1 aromatic rings. The Labute approximate surface area is 137 Å². The number of benzene rings is 1. The van der Waals surface area contributed by atoms with Gasteiger partial charge in [0.1, 0.15) is 6.04 Å². The van der Waals surface area contributed by atoms with Crippen LogP contribution in [0.5, 0.6) is 0 Å². The monoisotopic (exact) mass is 345 g/mol. The summed E-state index contributed by atoms with van der Waals surface area (Å²) in [7, 11) is 0. The number of carbonyl (C=O) groups is 2. The molecule has 2 N–H and O–H groups in total. The van der Waals surface area contributed by atoms with Gasteiger partial charge in [-0.2, -0.15) is 13.2 Å². The number of ether oxygens (including phenoxy) is 1. The second-order valence-corrected chi connectivity index (χ2v) is 5.31. The fraction of sp³-hybridized carbons (Fsp3) is 0.467. The van der Waals surface area contributed by atoms with Crippen LogP contribution in [0.25, 0.3) is 0 Å². The predicted molar refractivity (Wildman–Crippen MR) is 80.3 cm³/mol. The van der Waals surface area contributed by atoms with Crippen molar-refractivity contribution in [1.82, 2.24) is 10.2 Å². The van der Waals surface area contributed by atoms with E-state index in [9.17, 15) is 22.8 Å². The molecule has 9 heteroatoms. The Kier molecular flexibility index (Phi) is 6.16. The Morgan fingerprint density at radius 3 is 2.62 bits per heavy atom. The van der Waals surface area contributed by atoms with Crippen molar-refractivity contribution in [3.05, 3.63) is 30.3 Å². The van der Waals surface area contributed by atoms with Gasteiger partial charge in [-0.15, -0.1) is 0 Å². The van der Waals surface area contributed by atoms with Crippen LogP contribution in [-0.2, 0) is 14.3 Å². The summed E-state index contributed by atoms with van der Waals surface area (Å²) in [6, 6.07) is 7.56. The number of nitrogens with one attached hydrogen (secondary N) is 2. The molecule has 1 atom stereocenters. The van der Waals surface area contributed by atoms with Crippen molar-refractivity contribution >= 4 is 17.5 Å². The van der Waals surface area contributed by atoms with Gasteiger partial charge in [-0.05, 0) is 12.1 Å². The number of amides is 2. The van der Waals surface area contributed by atoms with E-state index in [0.717, 1.165) is 4.90 Å². The molecular weight excluding hydrogens is 327 g/mol. The first-order valence-electron chi connectivity index (χ1n) is 7.36. The highest BCUT2D eigenvalue weighted by Gasteiger charge is 2.38. The second kappa shape index (κ2) is 8.11. The first kappa shape index (κ1) is 18.2. The van der Waals surface area contributed by atoms with Crippen molar-refractivity contribution in [3.8, 4) is 0 Å². The van der Waals surface area contributed by atoms with Gasteiger partial charge in [0.25, 0.3) is 0 Å². The summed E-state index contributed by atoms with van der Waals surface area (Å²) in [5.74, 6) is -1.13. The number of morpholine rings is 1. The third-order valence-corrected chi connectivity index (χ3v) is 3.41. The molecule has 1 saturated heterocycles. The third kappa shape index (κ3) is 5.82. The number of hydrogen-bond acceptors (Lipinski definition) is 4. The Morgan fingerprint density at radius 1 is 1.25 bits per heavy atom. The number of hydrogen-bond donors (Lipinski definition) is 2. The van der Waals surface area contributed by atoms with E-state index in [1.807, 2.05) is 0 Å². The molecule has 2 rings (SSSR count). The van der Waals surface area contributed by atoms with Gasteiger partial charge < -0.3 is 15.4 Å². The molecule has 1 aliphatic rings. The lowest BCUT2D eigenvalue weighted by Crippen LogP contribution is -2.56. The number of para-hydroxylation sites is 1. The highest BCUT2D eigenvalue weighted by Crippen LogP contribution is 2.19. The van der Waals surface area contributed by atoms with Crippen molar-refractivity contribution in [2.24, 2.45) is 0 Å². The molecule has 1 aliphatic heterocycles. The standard InChI is InChI=1S/C15H18F3N3O3/c16-15(17,18)10-21-6-7-24-9-12(21)14(23)19-8-13(22)20-11-4-2-1-3-5-11/h1-5,12H,6-10H2,(H,19,23)(H,20,22)/t12-/m1/s1. The number of nitrogens with zero attached hydrogens (tertiary/aromatic N) is 1. The summed E-state index contributed by atoms with van der Waals surface area (Å²) in [4.78, 5) is 24.8. The smallest absolute Gasteiger partial charge is 0.378 e. The Hall–Kier alpha value is -2.13. The fourth-order valence-electron chi connectivity index (χ4n) is 2.31. The van der Waals surface area contributed by atoms with Crippen molar-refractivity contribution in [2.45, 2.75) is 12.2 Å². The maximum Gasteiger partial charge on any atom is 0.401 e. The molecule has 1 heterocycles. The van der Waals surface area contributed by atoms with Crippen LogP contribution in [0.4, 0.5) is 18.9 Å². The van der Waals surface area contributed by atoms with Crippen molar-refractivity contribution in [3.63, 3.8) is 0 Å². The Balaban J connectivity index is 1.84. The average Bonchev–Trinajstić information content (AvgIpc) is 2.52. The zero-order valence-electron chi connectivity index (χ0n) is 12.8. The quantitative estimate of drug-likeness (QED) is 0.835. The fourth-order valence-corrected chi connectivity index (χ4v) is 2.31. The summed E-state index contributed by atoms with van der Waals surface area (Å²) < 4.78 is 42.7. The van der Waals surface area contributed by atoms with Gasteiger partial charge in [-0.1, -0.05) is 18.2 Å². The predicted octanol–water partition coefficient (Wildman–Crippen LogP) is 1.00. The van der Waals surface area contributed by atoms with E-state index >= 15 is 0 Å². The van der Waals surface area contributed by atoms with Crippen LogP contribution in [0.3, 0.4) is 0 Å². The highest BCUT2D eigenvalue weighted by molar-refractivity contribution is 5.95. The Bertz CT molecular complexity index is 566. The minimum atomic E-state index is -4.40. The summed E-state index contributed by atoms with van der Waals surface area (Å²) in [6.45, 7) is -1.51. The van der Waals surface area contributed by atoms with Gasteiger partial charge in [0, 0.05) is 12.2 Å². The SMILES string of the molecule is O=C(CNC(=O)[C@H]1COCCN1CC(F)(F)F)Nc1ccccc1. The summed E-state index contributed by atoms with van der Waals surface area (Å²) in [6.07, 6.45) is -4.40. The molecule has 0 bridgehead atoms. The number of anilines is 1. The second-order valence-electron chi connectivity index (χ2n) is 5.31. The van der Waals surface area contributed by atoms with Crippen LogP contribution in [0.2, 0.25) is 0 Å². The van der Waals surface area contributed by atoms with Gasteiger partial charge in [0.15, 0.2) is 0 Å². The van der Waals surface area contributed by atoms with Gasteiger partial charge >= 0.3 is 6.18 Å². The summed E-state index contributed by atoms with van der Waals surface area (Å²) in [5.41, 5.74) is 0.566. The molecule has 0 aromatic heterocycles. The highest BCUT2D eigenvalue weighted by atomic mass is 19.4. The molecule has 24 heavy (non-hydrogen) atoms. The van der Waals surface area contributed by atoms with Crippen LogP contribution in [0.15, 0.2) is 30.3 Å². The molecule has 0 aliphatic carbocycles. The van der Waals surface area contributed by atoms with E-state index in [-0.39, 0.29) is 26.3 Å². The number of carbonyl (C=O) groups excluding carboxylic acids is 2. The van der Waals surface area contributed by atoms with E-state index in [4.69, 9.17) is 4.74 Å². The zero-order valence-corrected chi connectivity index (χ0v) is 12.8. The molecule has 132 valence electrons. The minimum absolute atomic E-state index is 0.00775. The van der Waals surface area contributed by atoms with Crippen molar-refractivity contribution in [2.75, 3.05) is 38.2 Å². The maximum absolute atomic E-state index is 12.6. The van der Waals surface area contributed by atoms with Crippen molar-refractivity contribution < 1.29 is 27.5 Å². The topological polar surface area (TPSA) is 70.7 Å². The number of rotatable bonds is 5. The van der Waals surface area contributed by atoms with Crippen molar-refractivity contribution in [1.29, 1.82) is 0 Å². The Morgan fingerprint density at radius 2 is 1.96 bits per heavy atom. The normalized spacial score (nSPS) is 18.9. The van der Waals surface area contributed by atoms with Crippen LogP contribution in [0.1, 0.15) is 0 Å². The lowest BCUT2D eigenvalue weighted by atomic mass is 10.2. The largest absolute Gasteiger partial charge is 0.401 e. The van der Waals surface area contributed by atoms with Gasteiger partial charge in [-0.3, -0.25) is 14.5 Å². The number of halogens is 3. The van der Waals surface area contributed by atoms with Crippen LogP contribution in [-0.4, -0.2) is 61.8 Å². The van der Waals surface area contributed by atoms with E-state index < -0.39 is 30.6 Å². The van der Waals surface area contributed by atoms with Crippen LogP contribution in [0, 0.1) is 0 Å². The number of alkyl halides is 3. The summed E-state index contributed by atoms with van der Waals surface area (Å²) >= 11 is 0. The van der Waals surface area contributed by atoms with Gasteiger partial charge in [0.2, 0.25) is 11.8 Å². The molecule has 1 fully saturated rings. The first-order valence-corrected chi connectivity index (χ1v) is 7.36. The molecule has 2 amide bonds. The third-order valence-electron chi connectivity index (χ3n) is 3.41. The van der Waals surface area contributed by atoms with Crippen LogP contribution < -0.4 is 10.6 Å². The summed E-state index contributed by atoms with van der Waals surface area (Å²) in [5, 5.41) is 4.92. The average molecular weight is 345 g/mol. The minimum Gasteiger partial charge on any atom is -0.378 e. The molecule has 0 saturated carbocycles. The first-order chi connectivity index (χ1) is 11.3. The molecule has 0 radical (unpaired) electrons. The maximum atomic E-state index is 12.6. The van der Waals surface area contributed by atoms with E-state index in [2.05, 4.69) is 10.6 Å². The lowest BCUT2D eigenvalue weighted by molar-refractivity contribution is -0.167. The molecule has 0 spiro atoms.